The second-order valence-corrected chi connectivity index (χ2v) is 3.00. The number of carbonyl (C=O) groups excluding carboxylic acids is 2. The van der Waals surface area contributed by atoms with Crippen molar-refractivity contribution < 1.29 is 14.3 Å². The minimum atomic E-state index is -0.356. The van der Waals surface area contributed by atoms with Crippen molar-refractivity contribution in [3.8, 4) is 0 Å². The van der Waals surface area contributed by atoms with Crippen LogP contribution in [0, 0.1) is 0 Å². The van der Waals surface area contributed by atoms with Gasteiger partial charge in [0.2, 0.25) is 5.91 Å². The number of rotatable bonds is 7. The minimum Gasteiger partial charge on any atom is -0.469 e. The molecule has 14 heavy (non-hydrogen) atoms. The Kier molecular flexibility index (Phi) is 6.74. The van der Waals surface area contributed by atoms with Crippen LogP contribution in [0.1, 0.15) is 26.2 Å². The summed E-state index contributed by atoms with van der Waals surface area (Å²) in [5.41, 5.74) is 5.12. The van der Waals surface area contributed by atoms with Crippen LogP contribution < -0.4 is 11.1 Å². The molecule has 5 nitrogen and oxygen atoms in total. The highest BCUT2D eigenvalue weighted by atomic mass is 16.5. The van der Waals surface area contributed by atoms with Gasteiger partial charge in [0, 0.05) is 6.42 Å². The molecule has 0 aliphatic rings. The van der Waals surface area contributed by atoms with E-state index in [2.05, 4.69) is 10.1 Å². The molecule has 82 valence electrons. The van der Waals surface area contributed by atoms with Crippen LogP contribution in [0.2, 0.25) is 0 Å². The van der Waals surface area contributed by atoms with Crippen LogP contribution in [-0.4, -0.2) is 31.6 Å². The Bertz CT molecular complexity index is 194. The first-order valence-electron chi connectivity index (χ1n) is 4.71. The molecule has 0 bridgehead atoms. The van der Waals surface area contributed by atoms with Gasteiger partial charge in [0.15, 0.2) is 0 Å². The van der Waals surface area contributed by atoms with Crippen LogP contribution in [0.4, 0.5) is 0 Å². The first-order chi connectivity index (χ1) is 6.61. The Hall–Kier alpha value is -1.10. The van der Waals surface area contributed by atoms with Crippen LogP contribution in [0.5, 0.6) is 0 Å². The molecular weight excluding hydrogens is 184 g/mol. The van der Waals surface area contributed by atoms with E-state index in [1.165, 1.54) is 7.11 Å². The second kappa shape index (κ2) is 7.32. The van der Waals surface area contributed by atoms with Crippen LogP contribution in [0.3, 0.4) is 0 Å². The highest BCUT2D eigenvalue weighted by Gasteiger charge is 2.11. The number of ether oxygens (including phenoxy) is 1. The molecule has 0 saturated heterocycles. The summed E-state index contributed by atoms with van der Waals surface area (Å²) < 4.78 is 4.47. The predicted molar refractivity (Wildman–Crippen MR) is 52.5 cm³/mol. The van der Waals surface area contributed by atoms with Crippen molar-refractivity contribution in [3.05, 3.63) is 0 Å². The van der Waals surface area contributed by atoms with Crippen LogP contribution in [0.15, 0.2) is 0 Å². The van der Waals surface area contributed by atoms with E-state index in [9.17, 15) is 9.59 Å². The molecule has 0 radical (unpaired) electrons. The molecule has 1 amide bonds. The summed E-state index contributed by atoms with van der Waals surface area (Å²) in [6.07, 6.45) is 1.67. The first kappa shape index (κ1) is 12.9. The lowest BCUT2D eigenvalue weighted by atomic mass is 10.2. The SMILES string of the molecule is CC[C@@H](NCCCC(=O)OC)C(N)=O. The summed E-state index contributed by atoms with van der Waals surface area (Å²) in [5, 5.41) is 2.97. The van der Waals surface area contributed by atoms with E-state index >= 15 is 0 Å². The Balaban J connectivity index is 3.52. The molecule has 5 heteroatoms. The maximum atomic E-state index is 10.8. The zero-order chi connectivity index (χ0) is 11.0. The van der Waals surface area contributed by atoms with Gasteiger partial charge in [-0.3, -0.25) is 9.59 Å². The number of methoxy groups -OCH3 is 1. The van der Waals surface area contributed by atoms with Gasteiger partial charge in [-0.2, -0.15) is 0 Å². The van der Waals surface area contributed by atoms with E-state index in [1.54, 1.807) is 0 Å². The van der Waals surface area contributed by atoms with Crippen molar-refractivity contribution in [1.82, 2.24) is 5.32 Å². The number of primary amides is 1. The summed E-state index contributed by atoms with van der Waals surface area (Å²) in [6, 6.07) is -0.298. The van der Waals surface area contributed by atoms with E-state index < -0.39 is 0 Å². The van der Waals surface area contributed by atoms with Crippen molar-refractivity contribution in [2.45, 2.75) is 32.2 Å². The lowest BCUT2D eigenvalue weighted by molar-refractivity contribution is -0.140. The summed E-state index contributed by atoms with van der Waals surface area (Å²) in [7, 11) is 1.36. The van der Waals surface area contributed by atoms with Gasteiger partial charge in [-0.25, -0.2) is 0 Å². The Morgan fingerprint density at radius 2 is 2.14 bits per heavy atom. The van der Waals surface area contributed by atoms with Gasteiger partial charge in [-0.05, 0) is 19.4 Å². The summed E-state index contributed by atoms with van der Waals surface area (Å²) in [5.74, 6) is -0.593. The van der Waals surface area contributed by atoms with E-state index in [-0.39, 0.29) is 17.9 Å². The average molecular weight is 202 g/mol. The van der Waals surface area contributed by atoms with Gasteiger partial charge in [-0.15, -0.1) is 0 Å². The molecule has 0 aliphatic carbocycles. The number of nitrogens with one attached hydrogen (secondary N) is 1. The van der Waals surface area contributed by atoms with Crippen LogP contribution in [-0.2, 0) is 14.3 Å². The molecule has 0 heterocycles. The molecule has 0 rings (SSSR count). The Labute approximate surface area is 84.0 Å². The molecule has 1 atom stereocenters. The van der Waals surface area contributed by atoms with Gasteiger partial charge in [0.1, 0.15) is 0 Å². The standard InChI is InChI=1S/C9H18N2O3/c1-3-7(9(10)13)11-6-4-5-8(12)14-2/h7,11H,3-6H2,1-2H3,(H2,10,13)/t7-/m1/s1. The molecule has 0 aromatic carbocycles. The molecule has 0 unspecified atom stereocenters. The third kappa shape index (κ3) is 5.53. The zero-order valence-corrected chi connectivity index (χ0v) is 8.71. The van der Waals surface area contributed by atoms with Gasteiger partial charge >= 0.3 is 5.97 Å². The fraction of sp³-hybridized carbons (Fsp3) is 0.778. The van der Waals surface area contributed by atoms with Crippen LogP contribution >= 0.6 is 0 Å². The van der Waals surface area contributed by atoms with Crippen molar-refractivity contribution in [2.24, 2.45) is 5.73 Å². The average Bonchev–Trinajstić information content (AvgIpc) is 2.16. The van der Waals surface area contributed by atoms with E-state index in [0.717, 1.165) is 0 Å². The summed E-state index contributed by atoms with van der Waals surface area (Å²) in [6.45, 7) is 2.47. The number of hydrogen-bond donors (Lipinski definition) is 2. The third-order valence-corrected chi connectivity index (χ3v) is 1.93. The summed E-state index contributed by atoms with van der Waals surface area (Å²) >= 11 is 0. The van der Waals surface area contributed by atoms with Gasteiger partial charge < -0.3 is 15.8 Å². The van der Waals surface area contributed by atoms with Gasteiger partial charge in [0.05, 0.1) is 13.2 Å². The number of amides is 1. The monoisotopic (exact) mass is 202 g/mol. The lowest BCUT2D eigenvalue weighted by Gasteiger charge is -2.12. The summed E-state index contributed by atoms with van der Waals surface area (Å²) in [4.78, 5) is 21.5. The quantitative estimate of drug-likeness (QED) is 0.442. The minimum absolute atomic E-state index is 0.237. The maximum Gasteiger partial charge on any atom is 0.305 e. The second-order valence-electron chi connectivity index (χ2n) is 3.00. The van der Waals surface area contributed by atoms with Gasteiger partial charge in [-0.1, -0.05) is 6.92 Å². The van der Waals surface area contributed by atoms with E-state index in [0.29, 0.717) is 25.8 Å². The predicted octanol–water partition coefficient (Wildman–Crippen LogP) is -0.207. The number of nitrogens with two attached hydrogens (primary N) is 1. The van der Waals surface area contributed by atoms with Crippen molar-refractivity contribution in [1.29, 1.82) is 0 Å². The normalized spacial score (nSPS) is 12.1. The molecule has 0 aromatic rings. The topological polar surface area (TPSA) is 81.4 Å². The fourth-order valence-electron chi connectivity index (χ4n) is 1.06. The molecular formula is C9H18N2O3. The van der Waals surface area contributed by atoms with E-state index in [4.69, 9.17) is 5.73 Å². The third-order valence-electron chi connectivity index (χ3n) is 1.93. The molecule has 0 aliphatic heterocycles. The molecule has 0 aromatic heterocycles. The highest BCUT2D eigenvalue weighted by molar-refractivity contribution is 5.79. The van der Waals surface area contributed by atoms with Crippen molar-refractivity contribution >= 4 is 11.9 Å². The Morgan fingerprint density at radius 3 is 2.57 bits per heavy atom. The molecule has 3 N–H and O–H groups in total. The highest BCUT2D eigenvalue weighted by Crippen LogP contribution is 1.93. The van der Waals surface area contributed by atoms with Crippen LogP contribution in [0.25, 0.3) is 0 Å². The molecule has 0 spiro atoms. The number of carbonyl (C=O) groups is 2. The van der Waals surface area contributed by atoms with Crippen molar-refractivity contribution in [3.63, 3.8) is 0 Å². The lowest BCUT2D eigenvalue weighted by Crippen LogP contribution is -2.41. The number of hydrogen-bond acceptors (Lipinski definition) is 4. The Morgan fingerprint density at radius 1 is 1.50 bits per heavy atom. The van der Waals surface area contributed by atoms with E-state index in [1.807, 2.05) is 6.92 Å². The number of esters is 1. The zero-order valence-electron chi connectivity index (χ0n) is 8.71. The molecule has 0 fully saturated rings. The van der Waals surface area contributed by atoms with Gasteiger partial charge in [0.25, 0.3) is 0 Å². The fourth-order valence-corrected chi connectivity index (χ4v) is 1.06. The maximum absolute atomic E-state index is 10.8. The molecule has 0 saturated carbocycles. The largest absolute Gasteiger partial charge is 0.469 e. The first-order valence-corrected chi connectivity index (χ1v) is 4.71. The smallest absolute Gasteiger partial charge is 0.305 e. The van der Waals surface area contributed by atoms with Crippen molar-refractivity contribution in [2.75, 3.05) is 13.7 Å².